The molecule has 1 amide bonds. The van der Waals surface area contributed by atoms with E-state index in [2.05, 4.69) is 15.4 Å². The second-order valence-electron chi connectivity index (χ2n) is 7.17. The van der Waals surface area contributed by atoms with Gasteiger partial charge < -0.3 is 20.1 Å². The van der Waals surface area contributed by atoms with Crippen LogP contribution in [0.3, 0.4) is 0 Å². The minimum absolute atomic E-state index is 0.175. The van der Waals surface area contributed by atoms with Crippen LogP contribution >= 0.6 is 0 Å². The topological polar surface area (TPSA) is 123 Å². The monoisotopic (exact) mass is 467 g/mol. The van der Waals surface area contributed by atoms with Gasteiger partial charge in [-0.25, -0.2) is 13.2 Å². The molecular weight excluding hydrogens is 446 g/mol. The number of ether oxygens (including phenoxy) is 2. The van der Waals surface area contributed by atoms with Crippen molar-refractivity contribution in [1.82, 2.24) is 4.72 Å². The smallest absolute Gasteiger partial charge is 0.338 e. The molecule has 3 aromatic rings. The van der Waals surface area contributed by atoms with Gasteiger partial charge >= 0.3 is 5.97 Å². The number of fused-ring (bicyclic) bond motifs is 1. The zero-order valence-corrected chi connectivity index (χ0v) is 18.4. The molecule has 9 nitrogen and oxygen atoms in total. The summed E-state index contributed by atoms with van der Waals surface area (Å²) >= 11 is 0. The van der Waals surface area contributed by atoms with Crippen molar-refractivity contribution in [3.05, 3.63) is 83.9 Å². The number of benzene rings is 3. The van der Waals surface area contributed by atoms with Crippen LogP contribution in [-0.4, -0.2) is 34.0 Å². The Morgan fingerprint density at radius 1 is 0.970 bits per heavy atom. The lowest BCUT2D eigenvalue weighted by atomic mass is 10.1. The Bertz CT molecular complexity index is 1270. The van der Waals surface area contributed by atoms with E-state index in [9.17, 15) is 18.0 Å². The fourth-order valence-corrected chi connectivity index (χ4v) is 4.58. The summed E-state index contributed by atoms with van der Waals surface area (Å²) in [6.45, 7) is -0.451. The normalized spacial score (nSPS) is 16.1. The van der Waals surface area contributed by atoms with Crippen LogP contribution in [0.4, 0.5) is 11.4 Å². The summed E-state index contributed by atoms with van der Waals surface area (Å²) in [7, 11) is -2.13. The molecule has 4 rings (SSSR count). The van der Waals surface area contributed by atoms with Crippen molar-refractivity contribution in [2.75, 3.05) is 24.4 Å². The number of esters is 1. The zero-order chi connectivity index (χ0) is 23.4. The number of amides is 1. The molecule has 0 saturated heterocycles. The quantitative estimate of drug-likeness (QED) is 0.477. The van der Waals surface area contributed by atoms with Crippen LogP contribution in [0.1, 0.15) is 22.1 Å². The summed E-state index contributed by atoms with van der Waals surface area (Å²) in [4.78, 5) is 24.5. The first-order valence-corrected chi connectivity index (χ1v) is 11.4. The number of nitrogens with one attached hydrogen (secondary N) is 3. The average molecular weight is 468 g/mol. The van der Waals surface area contributed by atoms with Crippen LogP contribution < -0.4 is 20.1 Å². The molecule has 1 aliphatic rings. The van der Waals surface area contributed by atoms with Crippen LogP contribution in [0.25, 0.3) is 0 Å². The lowest BCUT2D eigenvalue weighted by Gasteiger charge is -2.28. The van der Waals surface area contributed by atoms with Crippen LogP contribution in [0.15, 0.2) is 77.7 Å². The second kappa shape index (κ2) is 9.31. The van der Waals surface area contributed by atoms with E-state index in [4.69, 9.17) is 9.47 Å². The molecule has 3 aromatic carbocycles. The first-order valence-electron chi connectivity index (χ1n) is 9.94. The van der Waals surface area contributed by atoms with Crippen molar-refractivity contribution in [2.24, 2.45) is 0 Å². The molecule has 0 bridgehead atoms. The van der Waals surface area contributed by atoms with Gasteiger partial charge in [0, 0.05) is 5.69 Å². The SMILES string of the molecule is COc1ccc(NC(=O)COC(=O)c2ccc([C@H]3Nc4ccccc4S(=O)(=O)N3)cc2)cc1. The van der Waals surface area contributed by atoms with E-state index in [0.717, 1.165) is 0 Å². The summed E-state index contributed by atoms with van der Waals surface area (Å²) in [6, 6.07) is 19.6. The molecule has 170 valence electrons. The number of hydrogen-bond donors (Lipinski definition) is 3. The van der Waals surface area contributed by atoms with Crippen molar-refractivity contribution in [3.8, 4) is 5.75 Å². The molecule has 0 aromatic heterocycles. The summed E-state index contributed by atoms with van der Waals surface area (Å²) in [6.07, 6.45) is -0.690. The molecule has 33 heavy (non-hydrogen) atoms. The molecule has 10 heteroatoms. The standard InChI is InChI=1S/C23H21N3O6S/c1-31-18-12-10-17(11-13-18)24-21(27)14-32-23(28)16-8-6-15(7-9-16)22-25-19-4-2-3-5-20(19)33(29,30)26-22/h2-13,22,25-26H,14H2,1H3,(H,24,27)/t22-/m0/s1. The molecule has 0 radical (unpaired) electrons. The minimum atomic E-state index is -3.67. The highest BCUT2D eigenvalue weighted by Crippen LogP contribution is 2.30. The highest BCUT2D eigenvalue weighted by atomic mass is 32.2. The number of carbonyl (C=O) groups is 2. The molecule has 0 saturated carbocycles. The van der Waals surface area contributed by atoms with Crippen LogP contribution in [-0.2, 0) is 19.6 Å². The number of para-hydroxylation sites is 1. The van der Waals surface area contributed by atoms with Crippen LogP contribution in [0.5, 0.6) is 5.75 Å². The largest absolute Gasteiger partial charge is 0.497 e. The maximum atomic E-state index is 12.5. The van der Waals surface area contributed by atoms with Crippen molar-refractivity contribution in [1.29, 1.82) is 0 Å². The lowest BCUT2D eigenvalue weighted by Crippen LogP contribution is -2.38. The number of methoxy groups -OCH3 is 1. The summed E-state index contributed by atoms with van der Waals surface area (Å²) in [5.74, 6) is -0.498. The van der Waals surface area contributed by atoms with Crippen molar-refractivity contribution in [2.45, 2.75) is 11.1 Å². The van der Waals surface area contributed by atoms with Crippen molar-refractivity contribution >= 4 is 33.3 Å². The highest BCUT2D eigenvalue weighted by molar-refractivity contribution is 7.89. The maximum absolute atomic E-state index is 12.5. The Morgan fingerprint density at radius 2 is 1.67 bits per heavy atom. The predicted molar refractivity (Wildman–Crippen MR) is 121 cm³/mol. The summed E-state index contributed by atoms with van der Waals surface area (Å²) < 4.78 is 37.6. The molecule has 1 atom stereocenters. The van der Waals surface area contributed by atoms with Crippen molar-refractivity contribution < 1.29 is 27.5 Å². The lowest BCUT2D eigenvalue weighted by molar-refractivity contribution is -0.119. The van der Waals surface area contributed by atoms with E-state index in [1.165, 1.54) is 18.2 Å². The first kappa shape index (κ1) is 22.3. The Hall–Kier alpha value is -3.89. The fourth-order valence-electron chi connectivity index (χ4n) is 3.27. The van der Waals surface area contributed by atoms with E-state index in [0.29, 0.717) is 22.7 Å². The number of carbonyl (C=O) groups excluding carboxylic acids is 2. The molecule has 0 aliphatic carbocycles. The van der Waals surface area contributed by atoms with Gasteiger partial charge in [-0.3, -0.25) is 4.79 Å². The third-order valence-electron chi connectivity index (χ3n) is 4.94. The van der Waals surface area contributed by atoms with E-state index in [1.807, 2.05) is 0 Å². The van der Waals surface area contributed by atoms with E-state index in [-0.39, 0.29) is 10.5 Å². The van der Waals surface area contributed by atoms with Gasteiger partial charge in [0.25, 0.3) is 5.91 Å². The van der Waals surface area contributed by atoms with Gasteiger partial charge in [-0.15, -0.1) is 0 Å². The molecule has 0 fully saturated rings. The van der Waals surface area contributed by atoms with Gasteiger partial charge in [-0.2, -0.15) is 4.72 Å². The van der Waals surface area contributed by atoms with Gasteiger partial charge in [0.05, 0.1) is 18.4 Å². The maximum Gasteiger partial charge on any atom is 0.338 e. The minimum Gasteiger partial charge on any atom is -0.497 e. The van der Waals surface area contributed by atoms with Crippen molar-refractivity contribution in [3.63, 3.8) is 0 Å². The average Bonchev–Trinajstić information content (AvgIpc) is 2.83. The summed E-state index contributed by atoms with van der Waals surface area (Å²) in [5, 5.41) is 5.74. The third-order valence-corrected chi connectivity index (χ3v) is 6.42. The Balaban J connectivity index is 1.35. The number of hydrogen-bond acceptors (Lipinski definition) is 7. The van der Waals surface area contributed by atoms with Gasteiger partial charge in [0.15, 0.2) is 6.61 Å². The van der Waals surface area contributed by atoms with Crippen LogP contribution in [0.2, 0.25) is 0 Å². The molecule has 1 heterocycles. The Kier molecular flexibility index (Phi) is 6.29. The van der Waals surface area contributed by atoms with E-state index in [1.54, 1.807) is 61.7 Å². The fraction of sp³-hybridized carbons (Fsp3) is 0.130. The number of anilines is 2. The van der Waals surface area contributed by atoms with Gasteiger partial charge in [0.1, 0.15) is 16.8 Å². The number of sulfonamides is 1. The molecule has 3 N–H and O–H groups in total. The molecule has 0 unspecified atom stereocenters. The third kappa shape index (κ3) is 5.13. The first-order chi connectivity index (χ1) is 15.9. The molecule has 0 spiro atoms. The zero-order valence-electron chi connectivity index (χ0n) is 17.6. The molecular formula is C23H21N3O6S. The summed E-state index contributed by atoms with van der Waals surface area (Å²) in [5.41, 5.74) is 1.88. The van der Waals surface area contributed by atoms with Crippen LogP contribution in [0, 0.1) is 0 Å². The van der Waals surface area contributed by atoms with E-state index < -0.39 is 34.7 Å². The second-order valence-corrected chi connectivity index (χ2v) is 8.85. The van der Waals surface area contributed by atoms with Gasteiger partial charge in [-0.1, -0.05) is 24.3 Å². The van der Waals surface area contributed by atoms with E-state index >= 15 is 0 Å². The molecule has 1 aliphatic heterocycles. The Morgan fingerprint density at radius 3 is 2.36 bits per heavy atom. The Labute approximate surface area is 190 Å². The highest BCUT2D eigenvalue weighted by Gasteiger charge is 2.29. The van der Waals surface area contributed by atoms with Gasteiger partial charge in [-0.05, 0) is 54.1 Å². The number of rotatable bonds is 6. The predicted octanol–water partition coefficient (Wildman–Crippen LogP) is 2.89. The van der Waals surface area contributed by atoms with Gasteiger partial charge in [0.2, 0.25) is 10.0 Å².